The molecule has 6 rings (SSSR count). The molecule has 0 radical (unpaired) electrons. The van der Waals surface area contributed by atoms with Gasteiger partial charge in [-0.3, -0.25) is 34.0 Å². The molecule has 4 amide bonds. The number of methoxy groups -OCH3 is 1. The van der Waals surface area contributed by atoms with E-state index in [1.807, 2.05) is 68.7 Å². The van der Waals surface area contributed by atoms with Crippen LogP contribution in [0.15, 0.2) is 73.4 Å². The van der Waals surface area contributed by atoms with Gasteiger partial charge in [0.15, 0.2) is 0 Å². The number of carbonyl (C=O) groups excluding carboxylic acids is 5. The maximum absolute atomic E-state index is 17.5. The molecule has 14 nitrogen and oxygen atoms in total. The number of rotatable bonds is 19. The lowest BCUT2D eigenvalue weighted by atomic mass is 9.80. The number of fused-ring (bicyclic) bond motifs is 1. The molecule has 360 valence electrons. The molecule has 67 heavy (non-hydrogen) atoms. The highest BCUT2D eigenvalue weighted by molar-refractivity contribution is 5.97. The van der Waals surface area contributed by atoms with E-state index in [0.717, 1.165) is 12.8 Å². The van der Waals surface area contributed by atoms with Gasteiger partial charge in [-0.05, 0) is 86.1 Å². The van der Waals surface area contributed by atoms with Crippen LogP contribution in [0.25, 0.3) is 33.3 Å². The number of halogens is 2. The molecule has 2 aromatic heterocycles. The van der Waals surface area contributed by atoms with Crippen molar-refractivity contribution in [1.29, 1.82) is 0 Å². The zero-order valence-corrected chi connectivity index (χ0v) is 39.9. The molecule has 2 aliphatic heterocycles. The fourth-order valence-electron chi connectivity index (χ4n) is 9.46. The second kappa shape index (κ2) is 21.3. The summed E-state index contributed by atoms with van der Waals surface area (Å²) in [5.74, 6) is -5.67. The first kappa shape index (κ1) is 50.4. The Morgan fingerprint density at radius 1 is 1.04 bits per heavy atom. The summed E-state index contributed by atoms with van der Waals surface area (Å²) in [5.41, 5.74) is 4.95. The maximum atomic E-state index is 17.5. The number of aryl methyl sites for hydroxylation is 1. The van der Waals surface area contributed by atoms with Crippen molar-refractivity contribution in [2.75, 3.05) is 46.9 Å². The number of amides is 4. The minimum absolute atomic E-state index is 0.0919. The Kier molecular flexibility index (Phi) is 16.0. The monoisotopic (exact) mass is 925 g/mol. The van der Waals surface area contributed by atoms with Crippen LogP contribution in [0.3, 0.4) is 0 Å². The van der Waals surface area contributed by atoms with Crippen molar-refractivity contribution in [1.82, 2.24) is 35.1 Å². The predicted molar refractivity (Wildman–Crippen MR) is 252 cm³/mol. The zero-order chi connectivity index (χ0) is 48.8. The number of hydrogen-bond acceptors (Lipinski definition) is 9. The third-order valence-corrected chi connectivity index (χ3v) is 13.3. The molecule has 16 heteroatoms. The summed E-state index contributed by atoms with van der Waals surface area (Å²) in [4.78, 5) is 73.7. The molecule has 0 spiro atoms. The molecule has 2 saturated heterocycles. The summed E-state index contributed by atoms with van der Waals surface area (Å²) >= 11 is 0. The molecular formula is C51H65F2N7O7. The van der Waals surface area contributed by atoms with Crippen molar-refractivity contribution >= 4 is 41.0 Å². The van der Waals surface area contributed by atoms with Crippen LogP contribution in [-0.2, 0) is 52.3 Å². The molecule has 0 saturated carbocycles. The number of nitrogens with zero attached hydrogens (tertiary/aromatic N) is 5. The third-order valence-electron chi connectivity index (χ3n) is 13.3. The van der Waals surface area contributed by atoms with Gasteiger partial charge in [0.2, 0.25) is 17.7 Å². The van der Waals surface area contributed by atoms with Crippen molar-refractivity contribution in [3.05, 3.63) is 90.3 Å². The van der Waals surface area contributed by atoms with Gasteiger partial charge in [-0.2, -0.15) is 0 Å². The molecule has 2 aliphatic rings. The van der Waals surface area contributed by atoms with Crippen LogP contribution in [0.2, 0.25) is 0 Å². The molecular weight excluding hydrogens is 861 g/mol. The topological polar surface area (TPSA) is 155 Å². The van der Waals surface area contributed by atoms with E-state index in [4.69, 9.17) is 9.47 Å². The predicted octanol–water partition coefficient (Wildman–Crippen LogP) is 7.06. The summed E-state index contributed by atoms with van der Waals surface area (Å²) < 4.78 is 47.6. The second-order valence-electron chi connectivity index (χ2n) is 18.6. The molecule has 2 fully saturated rings. The average Bonchev–Trinajstić information content (AvgIpc) is 3.96. The number of hydrogen-bond donors (Lipinski definition) is 2. The highest BCUT2D eigenvalue weighted by Gasteiger charge is 2.52. The van der Waals surface area contributed by atoms with E-state index in [9.17, 15) is 24.0 Å². The third kappa shape index (κ3) is 10.4. The number of likely N-dealkylation sites (N-methyl/N-ethyl adjacent to an activating group) is 1. The van der Waals surface area contributed by atoms with Gasteiger partial charge in [0.1, 0.15) is 18.7 Å². The number of hydrazine groups is 1. The van der Waals surface area contributed by atoms with Gasteiger partial charge < -0.3 is 29.2 Å². The lowest BCUT2D eigenvalue weighted by Gasteiger charge is -2.35. The quantitative estimate of drug-likeness (QED) is 0.0743. The highest BCUT2D eigenvalue weighted by Crippen LogP contribution is 2.53. The lowest BCUT2D eigenvalue weighted by Crippen LogP contribution is -2.59. The smallest absolute Gasteiger partial charge is 0.293 e. The fraction of sp³-hybridized carbons (Fsp3) is 0.490. The molecule has 4 unspecified atom stereocenters. The Balaban J connectivity index is 1.39. The Bertz CT molecular complexity index is 2460. The van der Waals surface area contributed by atoms with Gasteiger partial charge in [0.05, 0.1) is 34.4 Å². The molecule has 0 aliphatic carbocycles. The number of likely N-dealkylation sites (tertiary alicyclic amines) is 1. The summed E-state index contributed by atoms with van der Waals surface area (Å²) in [5, 5.41) is 4.86. The molecule has 2 N–H and O–H groups in total. The van der Waals surface area contributed by atoms with Crippen LogP contribution in [0.4, 0.5) is 8.78 Å². The van der Waals surface area contributed by atoms with Crippen LogP contribution in [0.5, 0.6) is 0 Å². The normalized spacial score (nSPS) is 17.0. The van der Waals surface area contributed by atoms with E-state index < -0.39 is 48.0 Å². The average molecular weight is 926 g/mol. The van der Waals surface area contributed by atoms with Crippen LogP contribution in [0.1, 0.15) is 83.7 Å². The van der Waals surface area contributed by atoms with Gasteiger partial charge in [0.25, 0.3) is 18.3 Å². The summed E-state index contributed by atoms with van der Waals surface area (Å²) in [6, 6.07) is 14.4. The first-order valence-electron chi connectivity index (χ1n) is 23.1. The highest BCUT2D eigenvalue weighted by atomic mass is 19.3. The van der Waals surface area contributed by atoms with E-state index in [2.05, 4.69) is 22.3 Å². The molecule has 4 aromatic rings. The van der Waals surface area contributed by atoms with E-state index in [0.29, 0.717) is 71.5 Å². The zero-order valence-electron chi connectivity index (χ0n) is 39.9. The minimum Gasteiger partial charge on any atom is -0.467 e. The van der Waals surface area contributed by atoms with E-state index in [1.54, 1.807) is 36.3 Å². The van der Waals surface area contributed by atoms with Gasteiger partial charge in [-0.1, -0.05) is 64.6 Å². The number of nitrogens with one attached hydrogen (secondary N) is 2. The number of ether oxygens (including phenoxy) is 2. The van der Waals surface area contributed by atoms with Crippen LogP contribution in [0, 0.1) is 17.3 Å². The number of benzene rings is 2. The Morgan fingerprint density at radius 3 is 2.45 bits per heavy atom. The SMILES string of the molecule is C=CC(=O)N1CCC(C(=O)N(C)C(C(=O)NC(Cc2cccc(-c3ccc4c(c3)c(C(F)(F)C(C)(C)COC=O)c(-c3cccnc3C(C)OC)n4CC)c2)C(=O)N2CCCCN2)C(C)C)C1. The molecule has 2 aromatic carbocycles. The maximum Gasteiger partial charge on any atom is 0.293 e. The van der Waals surface area contributed by atoms with Crippen LogP contribution in [-0.4, -0.2) is 113 Å². The van der Waals surface area contributed by atoms with E-state index >= 15 is 8.78 Å². The minimum atomic E-state index is -3.54. The Hall–Kier alpha value is -6.00. The van der Waals surface area contributed by atoms with Crippen molar-refractivity contribution in [3.63, 3.8) is 0 Å². The van der Waals surface area contributed by atoms with E-state index in [1.165, 1.54) is 36.9 Å². The fourth-order valence-corrected chi connectivity index (χ4v) is 9.46. The largest absolute Gasteiger partial charge is 0.467 e. The first-order valence-corrected chi connectivity index (χ1v) is 23.1. The number of alkyl halides is 2. The molecule has 4 atom stereocenters. The lowest BCUT2D eigenvalue weighted by molar-refractivity contribution is -0.154. The van der Waals surface area contributed by atoms with Gasteiger partial charge in [-0.15, -0.1) is 0 Å². The van der Waals surface area contributed by atoms with Gasteiger partial charge in [-0.25, -0.2) is 14.2 Å². The first-order chi connectivity index (χ1) is 31.9. The van der Waals surface area contributed by atoms with Crippen molar-refractivity contribution in [2.45, 2.75) is 97.9 Å². The van der Waals surface area contributed by atoms with Crippen LogP contribution >= 0.6 is 0 Å². The Morgan fingerprint density at radius 2 is 1.79 bits per heavy atom. The second-order valence-corrected chi connectivity index (χ2v) is 18.6. The van der Waals surface area contributed by atoms with E-state index in [-0.39, 0.29) is 54.3 Å². The van der Waals surface area contributed by atoms with Crippen molar-refractivity contribution < 1.29 is 42.2 Å². The standard InChI is InChI=1S/C51H65F2N7O7/c1-10-42(62)58-25-21-37(29-58)48(64)57(8)45(32(3)4)47(63)56-40(49(65)60-24-13-12-23-55-60)27-34-16-14-17-35(26-34)36-19-20-41-39(28-36)43(51(52,53)50(6,7)30-67-31-61)46(59(41)11-2)38-18-15-22-54-44(38)33(5)66-9/h10,14-20,22,26,28,31-33,37,40,45,55H,1,11-13,21,23-25,27,29-30H2,2-9H3,(H,56,63). The molecule has 0 bridgehead atoms. The van der Waals surface area contributed by atoms with Crippen LogP contribution < -0.4 is 10.7 Å². The summed E-state index contributed by atoms with van der Waals surface area (Å²) in [6.45, 7) is 15.4. The molecule has 4 heterocycles. The summed E-state index contributed by atoms with van der Waals surface area (Å²) in [7, 11) is 3.12. The van der Waals surface area contributed by atoms with Crippen molar-refractivity contribution in [2.24, 2.45) is 17.3 Å². The van der Waals surface area contributed by atoms with Crippen molar-refractivity contribution in [3.8, 4) is 22.4 Å². The number of pyridine rings is 1. The van der Waals surface area contributed by atoms with Gasteiger partial charge in [0, 0.05) is 76.0 Å². The number of aromatic nitrogens is 2. The summed E-state index contributed by atoms with van der Waals surface area (Å²) in [6.07, 6.45) is 4.54. The number of carbonyl (C=O) groups is 5. The van der Waals surface area contributed by atoms with Gasteiger partial charge >= 0.3 is 0 Å². The Labute approximate surface area is 392 Å².